The molecule has 0 aliphatic carbocycles. The van der Waals surface area contributed by atoms with Gasteiger partial charge in [-0.15, -0.1) is 0 Å². The van der Waals surface area contributed by atoms with Crippen molar-refractivity contribution < 1.29 is 14.0 Å². The van der Waals surface area contributed by atoms with Crippen LogP contribution in [0.2, 0.25) is 0 Å². The molecule has 0 amide bonds. The lowest BCUT2D eigenvalue weighted by Gasteiger charge is -2.18. The second-order valence-corrected chi connectivity index (χ2v) is 12.5. The lowest BCUT2D eigenvalue weighted by molar-refractivity contribution is -0.663. The van der Waals surface area contributed by atoms with Crippen LogP contribution in [0, 0.1) is 31.6 Å². The smallest absolute Gasteiger partial charge is 0.245 e. The molecule has 3 aromatic carbocycles. The number of benzene rings is 3. The van der Waals surface area contributed by atoms with Gasteiger partial charge in [-0.3, -0.25) is 0 Å². The second-order valence-electron chi connectivity index (χ2n) is 12.5. The Bertz CT molecular complexity index is 1400. The van der Waals surface area contributed by atoms with Gasteiger partial charge in [0.05, 0.1) is 19.8 Å². The third-order valence-corrected chi connectivity index (χ3v) is 7.71. The summed E-state index contributed by atoms with van der Waals surface area (Å²) in [6, 6.07) is 15.5. The summed E-state index contributed by atoms with van der Waals surface area (Å²) in [7, 11) is 0. The monoisotopic (exact) mass is 529 g/mol. The summed E-state index contributed by atoms with van der Waals surface area (Å²) in [6.45, 7) is 21.2. The zero-order chi connectivity index (χ0) is 28.1. The van der Waals surface area contributed by atoms with E-state index < -0.39 is 0 Å². The normalized spacial score (nSPS) is 12.0. The van der Waals surface area contributed by atoms with Crippen molar-refractivity contribution in [1.82, 2.24) is 4.57 Å². The minimum absolute atomic E-state index is 0.595. The van der Waals surface area contributed by atoms with Crippen molar-refractivity contribution >= 4 is 21.8 Å². The van der Waals surface area contributed by atoms with Gasteiger partial charge in [0.15, 0.2) is 11.0 Å². The van der Waals surface area contributed by atoms with E-state index in [0.29, 0.717) is 24.4 Å². The summed E-state index contributed by atoms with van der Waals surface area (Å²) in [5.41, 5.74) is 6.40. The van der Waals surface area contributed by atoms with Gasteiger partial charge in [-0.05, 0) is 80.2 Å². The zero-order valence-electron chi connectivity index (χ0n) is 25.5. The van der Waals surface area contributed by atoms with E-state index in [1.54, 1.807) is 0 Å². The number of ether oxygens (including phenoxy) is 2. The largest absolute Gasteiger partial charge is 0.493 e. The van der Waals surface area contributed by atoms with Crippen LogP contribution in [-0.4, -0.2) is 17.8 Å². The maximum Gasteiger partial charge on any atom is 0.245 e. The highest BCUT2D eigenvalue weighted by Gasteiger charge is 2.22. The van der Waals surface area contributed by atoms with Crippen molar-refractivity contribution in [2.24, 2.45) is 17.8 Å². The average molecular weight is 530 g/mol. The Morgan fingerprint density at radius 3 is 2.03 bits per heavy atom. The fourth-order valence-corrected chi connectivity index (χ4v) is 5.00. The topological polar surface area (TPSA) is 27.3 Å². The molecule has 1 heterocycles. The standard InChI is InChI=1S/C35H49N2O2/c1-24(2)13-16-36-23-37(33-20-28(8)27(7)19-32(33)36)22-29-21-34(38-17-14-25(3)4)30-11-9-10-12-31(30)35(29)39-18-15-26(5)6/h9-12,19-21,23-26H,13-18,22H2,1-8H3/q+1. The molecule has 1 aromatic heterocycles. The van der Waals surface area contributed by atoms with Crippen LogP contribution in [-0.2, 0) is 13.1 Å². The van der Waals surface area contributed by atoms with E-state index in [2.05, 4.69) is 113 Å². The van der Waals surface area contributed by atoms with E-state index >= 15 is 0 Å². The molecule has 0 aliphatic rings. The number of hydrogen-bond donors (Lipinski definition) is 0. The first-order chi connectivity index (χ1) is 18.6. The Kier molecular flexibility index (Phi) is 9.58. The van der Waals surface area contributed by atoms with Gasteiger partial charge in [0.2, 0.25) is 6.33 Å². The molecular weight excluding hydrogens is 480 g/mol. The Labute approximate surface area is 235 Å². The highest BCUT2D eigenvalue weighted by atomic mass is 16.5. The van der Waals surface area contributed by atoms with Gasteiger partial charge in [0, 0.05) is 16.3 Å². The van der Waals surface area contributed by atoms with E-state index in [4.69, 9.17) is 9.47 Å². The molecule has 4 nitrogen and oxygen atoms in total. The molecule has 0 saturated heterocycles. The molecule has 210 valence electrons. The van der Waals surface area contributed by atoms with Crippen molar-refractivity contribution in [3.05, 3.63) is 65.5 Å². The molecule has 4 rings (SSSR count). The summed E-state index contributed by atoms with van der Waals surface area (Å²) in [6.07, 6.45) is 5.52. The molecule has 0 N–H and O–H groups in total. The molecule has 0 spiro atoms. The number of aromatic nitrogens is 2. The third kappa shape index (κ3) is 7.15. The lowest BCUT2D eigenvalue weighted by Crippen LogP contribution is -2.33. The molecule has 0 unspecified atom stereocenters. The fraction of sp³-hybridized carbons (Fsp3) is 0.514. The first-order valence-corrected chi connectivity index (χ1v) is 14.9. The van der Waals surface area contributed by atoms with Gasteiger partial charge in [-0.2, -0.15) is 0 Å². The van der Waals surface area contributed by atoms with Crippen molar-refractivity contribution in [3.8, 4) is 11.5 Å². The lowest BCUT2D eigenvalue weighted by atomic mass is 10.0. The Hall–Kier alpha value is -3.01. The van der Waals surface area contributed by atoms with Crippen molar-refractivity contribution in [2.45, 2.75) is 87.7 Å². The zero-order valence-corrected chi connectivity index (χ0v) is 25.5. The van der Waals surface area contributed by atoms with Gasteiger partial charge in [0.1, 0.15) is 18.0 Å². The van der Waals surface area contributed by atoms with Crippen molar-refractivity contribution in [1.29, 1.82) is 0 Å². The first kappa shape index (κ1) is 29.0. The van der Waals surface area contributed by atoms with Crippen LogP contribution in [0.1, 0.15) is 77.5 Å². The number of aryl methyl sites for hydroxylation is 3. The fourth-order valence-electron chi connectivity index (χ4n) is 5.00. The number of hydrogen-bond acceptors (Lipinski definition) is 2. The predicted molar refractivity (Wildman–Crippen MR) is 164 cm³/mol. The van der Waals surface area contributed by atoms with E-state index in [9.17, 15) is 0 Å². The maximum absolute atomic E-state index is 6.60. The Balaban J connectivity index is 1.82. The van der Waals surface area contributed by atoms with Crippen LogP contribution >= 0.6 is 0 Å². The summed E-state index contributed by atoms with van der Waals surface area (Å²) >= 11 is 0. The minimum Gasteiger partial charge on any atom is -0.493 e. The summed E-state index contributed by atoms with van der Waals surface area (Å²) in [4.78, 5) is 0. The van der Waals surface area contributed by atoms with Crippen LogP contribution in [0.5, 0.6) is 11.5 Å². The van der Waals surface area contributed by atoms with E-state index in [-0.39, 0.29) is 0 Å². The number of fused-ring (bicyclic) bond motifs is 2. The molecule has 4 heteroatoms. The number of nitrogens with zero attached hydrogens (tertiary/aromatic N) is 2. The number of rotatable bonds is 13. The molecule has 0 radical (unpaired) electrons. The van der Waals surface area contributed by atoms with Crippen LogP contribution in [0.25, 0.3) is 21.8 Å². The van der Waals surface area contributed by atoms with E-state index in [1.165, 1.54) is 27.7 Å². The van der Waals surface area contributed by atoms with Crippen LogP contribution in [0.4, 0.5) is 0 Å². The molecule has 39 heavy (non-hydrogen) atoms. The summed E-state index contributed by atoms with van der Waals surface area (Å²) in [5, 5.41) is 2.26. The van der Waals surface area contributed by atoms with Crippen LogP contribution in [0.3, 0.4) is 0 Å². The van der Waals surface area contributed by atoms with E-state index in [1.807, 2.05) is 0 Å². The second kappa shape index (κ2) is 12.9. The van der Waals surface area contributed by atoms with Crippen molar-refractivity contribution in [2.75, 3.05) is 13.2 Å². The Morgan fingerprint density at radius 1 is 0.744 bits per heavy atom. The van der Waals surface area contributed by atoms with Gasteiger partial charge < -0.3 is 9.47 Å². The van der Waals surface area contributed by atoms with Crippen molar-refractivity contribution in [3.63, 3.8) is 0 Å². The predicted octanol–water partition coefficient (Wildman–Crippen LogP) is 8.64. The first-order valence-electron chi connectivity index (χ1n) is 14.9. The molecule has 4 aromatic rings. The maximum atomic E-state index is 6.60. The van der Waals surface area contributed by atoms with Gasteiger partial charge >= 0.3 is 0 Å². The highest BCUT2D eigenvalue weighted by Crippen LogP contribution is 2.37. The molecular formula is C35H49N2O2+. The Morgan fingerprint density at radius 2 is 1.36 bits per heavy atom. The third-order valence-electron chi connectivity index (χ3n) is 7.71. The molecule has 0 fully saturated rings. The summed E-state index contributed by atoms with van der Waals surface area (Å²) in [5.74, 6) is 3.80. The molecule has 0 aliphatic heterocycles. The highest BCUT2D eigenvalue weighted by molar-refractivity contribution is 5.94. The minimum atomic E-state index is 0.595. The molecule has 0 atom stereocenters. The van der Waals surface area contributed by atoms with Crippen LogP contribution < -0.4 is 14.0 Å². The molecule has 0 saturated carbocycles. The van der Waals surface area contributed by atoms with Gasteiger partial charge in [-0.25, -0.2) is 9.13 Å². The van der Waals surface area contributed by atoms with Crippen LogP contribution in [0.15, 0.2) is 48.8 Å². The quantitative estimate of drug-likeness (QED) is 0.162. The SMILES string of the molecule is Cc1cc2c(cc1C)[n+](Cc1cc(OCCC(C)C)c3ccccc3c1OCCC(C)C)cn2CCC(C)C. The van der Waals surface area contributed by atoms with Gasteiger partial charge in [-0.1, -0.05) is 65.8 Å². The average Bonchev–Trinajstić information content (AvgIpc) is 3.20. The molecule has 0 bridgehead atoms. The van der Waals surface area contributed by atoms with E-state index in [0.717, 1.165) is 61.2 Å². The summed E-state index contributed by atoms with van der Waals surface area (Å²) < 4.78 is 17.9. The number of imidazole rings is 1. The van der Waals surface area contributed by atoms with Gasteiger partial charge in [0.25, 0.3) is 0 Å².